The van der Waals surface area contributed by atoms with Gasteiger partial charge in [-0.2, -0.15) is 0 Å². The summed E-state index contributed by atoms with van der Waals surface area (Å²) in [7, 11) is 0. The number of hydrogen-bond donors (Lipinski definition) is 2. The van der Waals surface area contributed by atoms with Gasteiger partial charge in [-0.1, -0.05) is 0 Å². The highest BCUT2D eigenvalue weighted by molar-refractivity contribution is 5.18. The highest BCUT2D eigenvalue weighted by Gasteiger charge is 2.10. The maximum absolute atomic E-state index is 5.90. The third-order valence-corrected chi connectivity index (χ3v) is 1.95. The summed E-state index contributed by atoms with van der Waals surface area (Å²) < 4.78 is 1.65. The van der Waals surface area contributed by atoms with Gasteiger partial charge in [0.25, 0.3) is 0 Å². The lowest BCUT2D eigenvalue weighted by molar-refractivity contribution is 0.510. The number of nitrogen functional groups attached to an aromatic ring is 1. The first kappa shape index (κ1) is 9.46. The van der Waals surface area contributed by atoms with Crippen molar-refractivity contribution in [1.82, 2.24) is 30.2 Å². The molecule has 0 saturated carbocycles. The molecule has 0 saturated heterocycles. The first-order chi connectivity index (χ1) is 7.27. The molecular weight excluding hydrogens is 196 g/mol. The van der Waals surface area contributed by atoms with Crippen LogP contribution in [0, 0.1) is 0 Å². The molecule has 0 aromatic carbocycles. The average molecular weight is 206 g/mol. The van der Waals surface area contributed by atoms with Crippen LogP contribution in [0.3, 0.4) is 0 Å². The van der Waals surface area contributed by atoms with Gasteiger partial charge in [0, 0.05) is 18.8 Å². The van der Waals surface area contributed by atoms with Gasteiger partial charge in [-0.3, -0.25) is 0 Å². The summed E-state index contributed by atoms with van der Waals surface area (Å²) in [5, 5.41) is 14.1. The molecule has 15 heavy (non-hydrogen) atoms. The zero-order valence-electron chi connectivity index (χ0n) is 7.85. The molecule has 0 fully saturated rings. The Balaban J connectivity index is 2.11. The maximum atomic E-state index is 5.90. The Labute approximate surface area is 85.3 Å². The molecule has 8 heteroatoms. The van der Waals surface area contributed by atoms with Crippen molar-refractivity contribution in [2.24, 2.45) is 5.73 Å². The fourth-order valence-corrected chi connectivity index (χ4v) is 1.23. The number of rotatable bonds is 3. The van der Waals surface area contributed by atoms with Crippen molar-refractivity contribution >= 4 is 5.95 Å². The lowest BCUT2D eigenvalue weighted by Crippen LogP contribution is -2.22. The van der Waals surface area contributed by atoms with Crippen LogP contribution in [-0.2, 0) is 6.42 Å². The van der Waals surface area contributed by atoms with E-state index in [-0.39, 0.29) is 6.17 Å². The molecule has 0 bridgehead atoms. The predicted molar refractivity (Wildman–Crippen MR) is 51.2 cm³/mol. The minimum absolute atomic E-state index is 0.328. The van der Waals surface area contributed by atoms with Crippen LogP contribution in [0.25, 0.3) is 0 Å². The predicted octanol–water partition coefficient (Wildman–Crippen LogP) is -1.25. The summed E-state index contributed by atoms with van der Waals surface area (Å²) in [5.41, 5.74) is 12.2. The Kier molecular flexibility index (Phi) is 2.50. The highest BCUT2D eigenvalue weighted by Crippen LogP contribution is 2.09. The van der Waals surface area contributed by atoms with Crippen molar-refractivity contribution in [2.45, 2.75) is 12.6 Å². The van der Waals surface area contributed by atoms with E-state index < -0.39 is 0 Å². The van der Waals surface area contributed by atoms with Crippen molar-refractivity contribution in [3.8, 4) is 0 Å². The zero-order chi connectivity index (χ0) is 10.7. The number of nitrogens with two attached hydrogens (primary N) is 2. The molecule has 0 aliphatic carbocycles. The molecule has 8 nitrogen and oxygen atoms in total. The van der Waals surface area contributed by atoms with E-state index in [1.807, 2.05) is 0 Å². The van der Waals surface area contributed by atoms with Crippen molar-refractivity contribution in [2.75, 3.05) is 5.73 Å². The molecule has 78 valence electrons. The minimum Gasteiger partial charge on any atom is -0.369 e. The molecule has 2 aromatic rings. The Morgan fingerprint density at radius 3 is 2.87 bits per heavy atom. The molecule has 2 aromatic heterocycles. The van der Waals surface area contributed by atoms with Crippen molar-refractivity contribution in [3.05, 3.63) is 24.3 Å². The van der Waals surface area contributed by atoms with E-state index >= 15 is 0 Å². The van der Waals surface area contributed by atoms with Crippen LogP contribution in [0.1, 0.15) is 11.9 Å². The van der Waals surface area contributed by atoms with Crippen molar-refractivity contribution < 1.29 is 0 Å². The molecule has 1 atom stereocenters. The van der Waals surface area contributed by atoms with Gasteiger partial charge in [-0.15, -0.1) is 10.2 Å². The van der Waals surface area contributed by atoms with E-state index in [0.29, 0.717) is 18.1 Å². The van der Waals surface area contributed by atoms with E-state index in [1.54, 1.807) is 17.0 Å². The van der Waals surface area contributed by atoms with Gasteiger partial charge in [0.05, 0.1) is 18.1 Å². The van der Waals surface area contributed by atoms with Crippen LogP contribution in [-0.4, -0.2) is 30.2 Å². The summed E-state index contributed by atoms with van der Waals surface area (Å²) in [4.78, 5) is 3.88. The fourth-order valence-electron chi connectivity index (χ4n) is 1.23. The van der Waals surface area contributed by atoms with Gasteiger partial charge in [0.1, 0.15) is 0 Å². The molecule has 0 spiro atoms. The number of imidazole rings is 1. The van der Waals surface area contributed by atoms with Crippen LogP contribution in [0.2, 0.25) is 0 Å². The molecule has 4 N–H and O–H groups in total. The number of anilines is 1. The van der Waals surface area contributed by atoms with Gasteiger partial charge in [0.15, 0.2) is 0 Å². The van der Waals surface area contributed by atoms with Gasteiger partial charge < -0.3 is 16.0 Å². The van der Waals surface area contributed by atoms with E-state index in [4.69, 9.17) is 11.5 Å². The molecule has 0 aliphatic heterocycles. The maximum Gasteiger partial charge on any atom is 0.201 e. The van der Waals surface area contributed by atoms with Crippen LogP contribution in [0.15, 0.2) is 18.6 Å². The monoisotopic (exact) mass is 206 g/mol. The van der Waals surface area contributed by atoms with Gasteiger partial charge >= 0.3 is 0 Å². The van der Waals surface area contributed by atoms with Gasteiger partial charge in [0.2, 0.25) is 5.95 Å². The zero-order valence-corrected chi connectivity index (χ0v) is 7.85. The summed E-state index contributed by atoms with van der Waals surface area (Å²) in [6.45, 7) is 0. The summed E-state index contributed by atoms with van der Waals surface area (Å²) in [5.74, 6) is 0.373. The molecule has 2 heterocycles. The molecule has 0 amide bonds. The van der Waals surface area contributed by atoms with Crippen molar-refractivity contribution in [3.63, 3.8) is 0 Å². The quantitative estimate of drug-likeness (QED) is 0.643. The smallest absolute Gasteiger partial charge is 0.201 e. The second kappa shape index (κ2) is 3.96. The van der Waals surface area contributed by atoms with Gasteiger partial charge in [-0.05, 0) is 10.4 Å². The second-order valence-corrected chi connectivity index (χ2v) is 2.98. The molecule has 1 unspecified atom stereocenters. The highest BCUT2D eigenvalue weighted by atomic mass is 15.4. The Bertz CT molecular complexity index is 424. The standard InChI is InChI=1S/C7H10N8/c8-6(15-2-1-10-7(15)9)3-5-4-11-13-14-12-5/h1-2,4,6H,3,8H2,(H2,9,10). The van der Waals surface area contributed by atoms with Gasteiger partial charge in [-0.25, -0.2) is 4.98 Å². The minimum atomic E-state index is -0.328. The first-order valence-electron chi connectivity index (χ1n) is 4.31. The SMILES string of the molecule is Nc1nccn1C(N)Cc1cnnnn1. The first-order valence-corrected chi connectivity index (χ1v) is 4.31. The van der Waals surface area contributed by atoms with Crippen LogP contribution in [0.4, 0.5) is 5.95 Å². The van der Waals surface area contributed by atoms with Crippen molar-refractivity contribution in [1.29, 1.82) is 0 Å². The second-order valence-electron chi connectivity index (χ2n) is 2.98. The van der Waals surface area contributed by atoms with E-state index in [1.165, 1.54) is 6.20 Å². The molecular formula is C7H10N8. The summed E-state index contributed by atoms with van der Waals surface area (Å²) >= 11 is 0. The summed E-state index contributed by atoms with van der Waals surface area (Å²) in [6.07, 6.45) is 4.96. The molecule has 0 radical (unpaired) electrons. The van der Waals surface area contributed by atoms with Crippen LogP contribution in [0.5, 0.6) is 0 Å². The number of nitrogens with zero attached hydrogens (tertiary/aromatic N) is 6. The number of aromatic nitrogens is 6. The molecule has 0 aliphatic rings. The van der Waals surface area contributed by atoms with E-state index in [0.717, 1.165) is 0 Å². The summed E-state index contributed by atoms with van der Waals surface area (Å²) in [6, 6.07) is 0. The third kappa shape index (κ3) is 2.05. The topological polar surface area (TPSA) is 121 Å². The lowest BCUT2D eigenvalue weighted by atomic mass is 10.3. The van der Waals surface area contributed by atoms with Crippen LogP contribution >= 0.6 is 0 Å². The molecule has 2 rings (SSSR count). The Morgan fingerprint density at radius 1 is 1.40 bits per heavy atom. The van der Waals surface area contributed by atoms with E-state index in [2.05, 4.69) is 25.6 Å². The largest absolute Gasteiger partial charge is 0.369 e. The normalized spacial score (nSPS) is 12.6. The lowest BCUT2D eigenvalue weighted by Gasteiger charge is -2.12. The van der Waals surface area contributed by atoms with E-state index in [9.17, 15) is 0 Å². The Hall–Kier alpha value is -2.09. The fraction of sp³-hybridized carbons (Fsp3) is 0.286. The van der Waals surface area contributed by atoms with Crippen LogP contribution < -0.4 is 11.5 Å². The third-order valence-electron chi connectivity index (χ3n) is 1.95. The average Bonchev–Trinajstić information content (AvgIpc) is 2.66. The Morgan fingerprint density at radius 2 is 2.27 bits per heavy atom. The number of hydrogen-bond acceptors (Lipinski definition) is 7.